The molecule has 2 N–H and O–H groups in total. The van der Waals surface area contributed by atoms with Crippen LogP contribution >= 0.6 is 0 Å². The maximum Gasteiger partial charge on any atom is 0.418 e. The molecule has 1 aliphatic carbocycles. The normalized spacial score (nSPS) is 13.9. The maximum atomic E-state index is 13.4. The molecule has 0 unspecified atom stereocenters. The molecule has 0 saturated heterocycles. The zero-order chi connectivity index (χ0) is 19.6. The van der Waals surface area contributed by atoms with Crippen molar-refractivity contribution in [3.05, 3.63) is 59.2 Å². The van der Waals surface area contributed by atoms with Gasteiger partial charge in [0.2, 0.25) is 5.91 Å². The quantitative estimate of drug-likeness (QED) is 0.782. The molecular weight excluding hydrogens is 357 g/mol. The van der Waals surface area contributed by atoms with E-state index in [0.717, 1.165) is 37.0 Å². The number of halogens is 3. The number of rotatable bonds is 5. The molecule has 2 aromatic carbocycles. The van der Waals surface area contributed by atoms with Crippen molar-refractivity contribution in [2.24, 2.45) is 5.92 Å². The van der Waals surface area contributed by atoms with E-state index in [9.17, 15) is 22.8 Å². The molecule has 2 amide bonds. The predicted molar refractivity (Wildman–Crippen MR) is 96.6 cm³/mol. The molecule has 4 nitrogen and oxygen atoms in total. The van der Waals surface area contributed by atoms with Gasteiger partial charge in [-0.3, -0.25) is 9.59 Å². The first-order valence-corrected chi connectivity index (χ1v) is 8.70. The van der Waals surface area contributed by atoms with Crippen molar-refractivity contribution in [1.82, 2.24) is 0 Å². The highest BCUT2D eigenvalue weighted by molar-refractivity contribution is 6.05. The van der Waals surface area contributed by atoms with E-state index in [1.807, 2.05) is 6.92 Å². The number of anilines is 2. The van der Waals surface area contributed by atoms with Crippen LogP contribution in [-0.4, -0.2) is 11.8 Å². The molecule has 0 spiro atoms. The van der Waals surface area contributed by atoms with Crippen LogP contribution < -0.4 is 10.6 Å². The summed E-state index contributed by atoms with van der Waals surface area (Å²) in [7, 11) is 0. The van der Waals surface area contributed by atoms with Gasteiger partial charge in [0, 0.05) is 17.2 Å². The van der Waals surface area contributed by atoms with E-state index in [0.29, 0.717) is 0 Å². The van der Waals surface area contributed by atoms with Gasteiger partial charge in [0.05, 0.1) is 11.3 Å². The third-order valence-corrected chi connectivity index (χ3v) is 4.41. The Labute approximate surface area is 154 Å². The number of alkyl halides is 3. The summed E-state index contributed by atoms with van der Waals surface area (Å²) in [6.45, 7) is 1.97. The number of hydrogen-bond donors (Lipinski definition) is 2. The third-order valence-electron chi connectivity index (χ3n) is 4.41. The van der Waals surface area contributed by atoms with Gasteiger partial charge in [-0.05, 0) is 55.2 Å². The highest BCUT2D eigenvalue weighted by Gasteiger charge is 2.35. The standard InChI is InChI=1S/C20H19F3N2O2/c1-2-12-3-5-13(6-4-12)19(27)25-17-10-9-15(11-16(17)20(21,22)23)24-18(26)14-7-8-14/h3-6,9-11,14H,2,7-8H2,1H3,(H,24,26)(H,25,27). The first-order chi connectivity index (χ1) is 12.8. The van der Waals surface area contributed by atoms with Crippen molar-refractivity contribution in [3.8, 4) is 0 Å². The van der Waals surface area contributed by atoms with Crippen LogP contribution in [-0.2, 0) is 17.4 Å². The Morgan fingerprint density at radius 1 is 1.04 bits per heavy atom. The van der Waals surface area contributed by atoms with E-state index in [4.69, 9.17) is 0 Å². The molecule has 1 saturated carbocycles. The number of amides is 2. The lowest BCUT2D eigenvalue weighted by atomic mass is 10.1. The average Bonchev–Trinajstić information content (AvgIpc) is 3.47. The highest BCUT2D eigenvalue weighted by atomic mass is 19.4. The Kier molecular flexibility index (Phi) is 5.21. The lowest BCUT2D eigenvalue weighted by Gasteiger charge is -2.16. The van der Waals surface area contributed by atoms with Gasteiger partial charge in [-0.1, -0.05) is 19.1 Å². The van der Waals surface area contributed by atoms with Crippen LogP contribution in [0.3, 0.4) is 0 Å². The maximum absolute atomic E-state index is 13.4. The van der Waals surface area contributed by atoms with E-state index in [2.05, 4.69) is 10.6 Å². The SMILES string of the molecule is CCc1ccc(C(=O)Nc2ccc(NC(=O)C3CC3)cc2C(F)(F)F)cc1. The summed E-state index contributed by atoms with van der Waals surface area (Å²) in [5.41, 5.74) is 0.000335. The number of aryl methyl sites for hydroxylation is 1. The van der Waals surface area contributed by atoms with E-state index in [1.54, 1.807) is 24.3 Å². The number of carbonyl (C=O) groups excluding carboxylic acids is 2. The average molecular weight is 376 g/mol. The second-order valence-electron chi connectivity index (χ2n) is 6.53. The second-order valence-corrected chi connectivity index (χ2v) is 6.53. The van der Waals surface area contributed by atoms with Crippen molar-refractivity contribution < 1.29 is 22.8 Å². The fourth-order valence-corrected chi connectivity index (χ4v) is 2.64. The molecule has 7 heteroatoms. The molecule has 0 radical (unpaired) electrons. The summed E-state index contributed by atoms with van der Waals surface area (Å²) in [6.07, 6.45) is -2.37. The van der Waals surface area contributed by atoms with Gasteiger partial charge in [-0.15, -0.1) is 0 Å². The third kappa shape index (κ3) is 4.67. The van der Waals surface area contributed by atoms with Gasteiger partial charge < -0.3 is 10.6 Å². The summed E-state index contributed by atoms with van der Waals surface area (Å²) in [5, 5.41) is 4.80. The van der Waals surface area contributed by atoms with Crippen LogP contribution in [0.1, 0.15) is 41.3 Å². The van der Waals surface area contributed by atoms with Crippen molar-refractivity contribution in [1.29, 1.82) is 0 Å². The molecule has 0 aromatic heterocycles. The van der Waals surface area contributed by atoms with Crippen LogP contribution in [0.5, 0.6) is 0 Å². The predicted octanol–water partition coefficient (Wildman–Crippen LogP) is 4.87. The fraction of sp³-hybridized carbons (Fsp3) is 0.300. The summed E-state index contributed by atoms with van der Waals surface area (Å²) < 4.78 is 40.3. The van der Waals surface area contributed by atoms with Crippen molar-refractivity contribution in [2.75, 3.05) is 10.6 Å². The monoisotopic (exact) mass is 376 g/mol. The molecule has 1 aliphatic rings. The number of benzene rings is 2. The Bertz CT molecular complexity index is 857. The van der Waals surface area contributed by atoms with E-state index < -0.39 is 17.6 Å². The van der Waals surface area contributed by atoms with Gasteiger partial charge in [0.25, 0.3) is 5.91 Å². The zero-order valence-electron chi connectivity index (χ0n) is 14.7. The molecular formula is C20H19F3N2O2. The van der Waals surface area contributed by atoms with Crippen LogP contribution in [0.4, 0.5) is 24.5 Å². The van der Waals surface area contributed by atoms with Crippen molar-refractivity contribution in [2.45, 2.75) is 32.4 Å². The van der Waals surface area contributed by atoms with Crippen LogP contribution in [0, 0.1) is 5.92 Å². The zero-order valence-corrected chi connectivity index (χ0v) is 14.7. The lowest BCUT2D eigenvalue weighted by Crippen LogP contribution is -2.18. The summed E-state index contributed by atoms with van der Waals surface area (Å²) in [6, 6.07) is 10.0. The lowest BCUT2D eigenvalue weighted by molar-refractivity contribution is -0.137. The molecule has 0 heterocycles. The topological polar surface area (TPSA) is 58.2 Å². The van der Waals surface area contributed by atoms with Gasteiger partial charge in [0.1, 0.15) is 0 Å². The minimum absolute atomic E-state index is 0.0597. The first-order valence-electron chi connectivity index (χ1n) is 8.70. The molecule has 2 aromatic rings. The van der Waals surface area contributed by atoms with Gasteiger partial charge >= 0.3 is 6.18 Å². The highest BCUT2D eigenvalue weighted by Crippen LogP contribution is 2.37. The van der Waals surface area contributed by atoms with Gasteiger partial charge in [0.15, 0.2) is 0 Å². The van der Waals surface area contributed by atoms with Crippen LogP contribution in [0.15, 0.2) is 42.5 Å². The van der Waals surface area contributed by atoms with Gasteiger partial charge in [-0.25, -0.2) is 0 Å². The molecule has 27 heavy (non-hydrogen) atoms. The smallest absolute Gasteiger partial charge is 0.326 e. The summed E-state index contributed by atoms with van der Waals surface area (Å²) >= 11 is 0. The molecule has 0 aliphatic heterocycles. The molecule has 0 atom stereocenters. The largest absolute Gasteiger partial charge is 0.418 e. The Morgan fingerprint density at radius 3 is 2.26 bits per heavy atom. The molecule has 142 valence electrons. The fourth-order valence-electron chi connectivity index (χ4n) is 2.64. The minimum Gasteiger partial charge on any atom is -0.326 e. The molecule has 0 bridgehead atoms. The number of carbonyl (C=O) groups is 2. The number of hydrogen-bond acceptors (Lipinski definition) is 2. The van der Waals surface area contributed by atoms with E-state index >= 15 is 0 Å². The second kappa shape index (κ2) is 7.42. The van der Waals surface area contributed by atoms with Crippen LogP contribution in [0.25, 0.3) is 0 Å². The van der Waals surface area contributed by atoms with E-state index in [-0.39, 0.29) is 28.8 Å². The van der Waals surface area contributed by atoms with E-state index in [1.165, 1.54) is 6.07 Å². The summed E-state index contributed by atoms with van der Waals surface area (Å²) in [4.78, 5) is 24.1. The number of nitrogens with one attached hydrogen (secondary N) is 2. The minimum atomic E-state index is -4.67. The molecule has 1 fully saturated rings. The van der Waals surface area contributed by atoms with Gasteiger partial charge in [-0.2, -0.15) is 13.2 Å². The summed E-state index contributed by atoms with van der Waals surface area (Å²) in [5.74, 6) is -1.03. The Morgan fingerprint density at radius 2 is 1.70 bits per heavy atom. The van der Waals surface area contributed by atoms with Crippen molar-refractivity contribution >= 4 is 23.2 Å². The van der Waals surface area contributed by atoms with Crippen LogP contribution in [0.2, 0.25) is 0 Å². The Balaban J connectivity index is 1.82. The Hall–Kier alpha value is -2.83. The first kappa shape index (κ1) is 18.9. The molecule has 3 rings (SSSR count). The van der Waals surface area contributed by atoms with Crippen molar-refractivity contribution in [3.63, 3.8) is 0 Å².